The fraction of sp³-hybridized carbons (Fsp3) is 0.500. The summed E-state index contributed by atoms with van der Waals surface area (Å²) in [5.41, 5.74) is 5.93. The summed E-state index contributed by atoms with van der Waals surface area (Å²) in [5.74, 6) is 1.02. The lowest BCUT2D eigenvalue weighted by atomic mass is 10.1. The molecule has 4 heteroatoms. The zero-order valence-corrected chi connectivity index (χ0v) is 9.57. The molecule has 76 valence electrons. The molecule has 1 fully saturated rings. The molecule has 2 heterocycles. The van der Waals surface area contributed by atoms with Gasteiger partial charge in [0.2, 0.25) is 0 Å². The summed E-state index contributed by atoms with van der Waals surface area (Å²) in [5, 5.41) is 0. The van der Waals surface area contributed by atoms with Crippen molar-refractivity contribution in [2.45, 2.75) is 18.9 Å². The Balaban J connectivity index is 2.18. The van der Waals surface area contributed by atoms with Gasteiger partial charge in [-0.25, -0.2) is 4.98 Å². The largest absolute Gasteiger partial charge is 0.354 e. The van der Waals surface area contributed by atoms with E-state index in [1.165, 1.54) is 0 Å². The summed E-state index contributed by atoms with van der Waals surface area (Å²) in [4.78, 5) is 6.61. The summed E-state index contributed by atoms with van der Waals surface area (Å²) >= 11 is 3.51. The maximum absolute atomic E-state index is 5.93. The van der Waals surface area contributed by atoms with Gasteiger partial charge >= 0.3 is 0 Å². The van der Waals surface area contributed by atoms with Crippen molar-refractivity contribution in [2.24, 2.45) is 5.73 Å². The molecule has 0 bridgehead atoms. The molecule has 1 saturated heterocycles. The van der Waals surface area contributed by atoms with E-state index in [2.05, 4.69) is 25.8 Å². The number of nitrogens with zero attached hydrogens (tertiary/aromatic N) is 2. The van der Waals surface area contributed by atoms with E-state index < -0.39 is 0 Å². The second kappa shape index (κ2) is 4.28. The standard InChI is InChI=1S/C10H14BrN3/c11-9-4-1-5-13-10(9)14-6-2-3-8(12)7-14/h1,4-5,8H,2-3,6-7,12H2/t8-/m1/s1. The van der Waals surface area contributed by atoms with E-state index in [1.54, 1.807) is 0 Å². The number of anilines is 1. The first-order valence-corrected chi connectivity index (χ1v) is 5.68. The Bertz CT molecular complexity index is 316. The normalized spacial score (nSPS) is 22.4. The quantitative estimate of drug-likeness (QED) is 0.832. The molecule has 0 aliphatic carbocycles. The third kappa shape index (κ3) is 2.07. The van der Waals surface area contributed by atoms with Crippen LogP contribution in [0.25, 0.3) is 0 Å². The molecule has 1 aliphatic heterocycles. The number of nitrogens with two attached hydrogens (primary N) is 1. The number of pyridine rings is 1. The molecule has 14 heavy (non-hydrogen) atoms. The third-order valence-corrected chi connectivity index (χ3v) is 3.12. The van der Waals surface area contributed by atoms with Crippen LogP contribution in [0.3, 0.4) is 0 Å². The molecule has 0 aromatic carbocycles. The average Bonchev–Trinajstić information content (AvgIpc) is 2.18. The molecule has 2 rings (SSSR count). The molecule has 0 unspecified atom stereocenters. The van der Waals surface area contributed by atoms with Gasteiger partial charge in [0.1, 0.15) is 5.82 Å². The molecule has 0 radical (unpaired) electrons. The Labute approximate surface area is 92.4 Å². The summed E-state index contributed by atoms with van der Waals surface area (Å²) in [6.07, 6.45) is 4.10. The number of aromatic nitrogens is 1. The van der Waals surface area contributed by atoms with E-state index >= 15 is 0 Å². The van der Waals surface area contributed by atoms with Crippen molar-refractivity contribution in [2.75, 3.05) is 18.0 Å². The Morgan fingerprint density at radius 1 is 1.57 bits per heavy atom. The van der Waals surface area contributed by atoms with Gasteiger partial charge in [-0.1, -0.05) is 0 Å². The molecule has 0 saturated carbocycles. The second-order valence-electron chi connectivity index (χ2n) is 3.66. The van der Waals surface area contributed by atoms with Crippen LogP contribution in [0.2, 0.25) is 0 Å². The van der Waals surface area contributed by atoms with Crippen molar-refractivity contribution in [3.05, 3.63) is 22.8 Å². The van der Waals surface area contributed by atoms with Gasteiger partial charge in [-0.3, -0.25) is 0 Å². The number of piperidine rings is 1. The molecule has 1 aromatic rings. The zero-order chi connectivity index (χ0) is 9.97. The van der Waals surface area contributed by atoms with E-state index in [-0.39, 0.29) is 6.04 Å². The summed E-state index contributed by atoms with van der Waals surface area (Å²) in [6, 6.07) is 4.23. The Kier molecular flexibility index (Phi) is 3.03. The maximum Gasteiger partial charge on any atom is 0.142 e. The van der Waals surface area contributed by atoms with Gasteiger partial charge < -0.3 is 10.6 Å². The van der Waals surface area contributed by atoms with Crippen molar-refractivity contribution < 1.29 is 0 Å². The van der Waals surface area contributed by atoms with Crippen LogP contribution in [0.15, 0.2) is 22.8 Å². The highest BCUT2D eigenvalue weighted by molar-refractivity contribution is 9.10. The predicted molar refractivity (Wildman–Crippen MR) is 61.4 cm³/mol. The van der Waals surface area contributed by atoms with Gasteiger partial charge in [-0.05, 0) is 40.9 Å². The van der Waals surface area contributed by atoms with Crippen LogP contribution in [-0.4, -0.2) is 24.1 Å². The molecule has 1 aliphatic rings. The van der Waals surface area contributed by atoms with Crippen molar-refractivity contribution in [1.29, 1.82) is 0 Å². The lowest BCUT2D eigenvalue weighted by molar-refractivity contribution is 0.503. The smallest absolute Gasteiger partial charge is 0.142 e. The Hall–Kier alpha value is -0.610. The number of rotatable bonds is 1. The summed E-state index contributed by atoms with van der Waals surface area (Å²) < 4.78 is 1.05. The second-order valence-corrected chi connectivity index (χ2v) is 4.51. The molecular formula is C10H14BrN3. The minimum absolute atomic E-state index is 0.289. The first-order valence-electron chi connectivity index (χ1n) is 4.88. The van der Waals surface area contributed by atoms with Gasteiger partial charge in [0, 0.05) is 25.3 Å². The number of hydrogen-bond donors (Lipinski definition) is 1. The van der Waals surface area contributed by atoms with Crippen LogP contribution in [0.1, 0.15) is 12.8 Å². The molecule has 1 aromatic heterocycles. The van der Waals surface area contributed by atoms with Crippen molar-refractivity contribution in [1.82, 2.24) is 4.98 Å². The van der Waals surface area contributed by atoms with Crippen LogP contribution in [0, 0.1) is 0 Å². The topological polar surface area (TPSA) is 42.1 Å². The highest BCUT2D eigenvalue weighted by Gasteiger charge is 2.19. The Morgan fingerprint density at radius 3 is 3.14 bits per heavy atom. The fourth-order valence-electron chi connectivity index (χ4n) is 1.81. The fourth-order valence-corrected chi connectivity index (χ4v) is 2.32. The van der Waals surface area contributed by atoms with Gasteiger partial charge in [-0.15, -0.1) is 0 Å². The van der Waals surface area contributed by atoms with Gasteiger partial charge in [0.15, 0.2) is 0 Å². The minimum Gasteiger partial charge on any atom is -0.354 e. The molecule has 0 spiro atoms. The minimum atomic E-state index is 0.289. The number of halogens is 1. The monoisotopic (exact) mass is 255 g/mol. The van der Waals surface area contributed by atoms with E-state index in [1.807, 2.05) is 18.3 Å². The first-order chi connectivity index (χ1) is 6.77. The molecule has 3 nitrogen and oxygen atoms in total. The van der Waals surface area contributed by atoms with E-state index in [0.29, 0.717) is 0 Å². The highest BCUT2D eigenvalue weighted by Crippen LogP contribution is 2.25. The van der Waals surface area contributed by atoms with Crippen LogP contribution >= 0.6 is 15.9 Å². The van der Waals surface area contributed by atoms with Crippen molar-refractivity contribution in [3.8, 4) is 0 Å². The van der Waals surface area contributed by atoms with Crippen LogP contribution in [0.5, 0.6) is 0 Å². The lowest BCUT2D eigenvalue weighted by Gasteiger charge is -2.32. The molecule has 2 N–H and O–H groups in total. The van der Waals surface area contributed by atoms with Crippen molar-refractivity contribution >= 4 is 21.7 Å². The van der Waals surface area contributed by atoms with E-state index in [0.717, 1.165) is 36.2 Å². The van der Waals surface area contributed by atoms with Crippen LogP contribution in [0.4, 0.5) is 5.82 Å². The highest BCUT2D eigenvalue weighted by atomic mass is 79.9. The third-order valence-electron chi connectivity index (χ3n) is 2.50. The summed E-state index contributed by atoms with van der Waals surface area (Å²) in [7, 11) is 0. The van der Waals surface area contributed by atoms with Gasteiger partial charge in [0.25, 0.3) is 0 Å². The molecular weight excluding hydrogens is 242 g/mol. The maximum atomic E-state index is 5.93. The van der Waals surface area contributed by atoms with Crippen molar-refractivity contribution in [3.63, 3.8) is 0 Å². The lowest BCUT2D eigenvalue weighted by Crippen LogP contribution is -2.43. The molecule has 1 atom stereocenters. The van der Waals surface area contributed by atoms with Gasteiger partial charge in [-0.2, -0.15) is 0 Å². The zero-order valence-electron chi connectivity index (χ0n) is 7.99. The van der Waals surface area contributed by atoms with E-state index in [4.69, 9.17) is 5.73 Å². The van der Waals surface area contributed by atoms with Crippen LogP contribution in [-0.2, 0) is 0 Å². The van der Waals surface area contributed by atoms with Gasteiger partial charge in [0.05, 0.1) is 4.47 Å². The molecule has 0 amide bonds. The first kappa shape index (κ1) is 9.93. The Morgan fingerprint density at radius 2 is 2.43 bits per heavy atom. The van der Waals surface area contributed by atoms with E-state index in [9.17, 15) is 0 Å². The summed E-state index contributed by atoms with van der Waals surface area (Å²) in [6.45, 7) is 1.97. The average molecular weight is 256 g/mol. The number of hydrogen-bond acceptors (Lipinski definition) is 3. The van der Waals surface area contributed by atoms with Crippen LogP contribution < -0.4 is 10.6 Å². The SMILES string of the molecule is N[C@@H]1CCCN(c2ncccc2Br)C1. The predicted octanol–water partition coefficient (Wildman–Crippen LogP) is 1.77.